The highest BCUT2D eigenvalue weighted by Crippen LogP contribution is 2.58. The zero-order valence-corrected chi connectivity index (χ0v) is 27.8. The summed E-state index contributed by atoms with van der Waals surface area (Å²) in [6, 6.07) is 14.2. The van der Waals surface area contributed by atoms with Crippen molar-refractivity contribution in [1.82, 2.24) is 0 Å². The van der Waals surface area contributed by atoms with Gasteiger partial charge >= 0.3 is 0 Å². The van der Waals surface area contributed by atoms with Gasteiger partial charge in [-0.1, -0.05) is 72.7 Å². The summed E-state index contributed by atoms with van der Waals surface area (Å²) in [7, 11) is 0. The minimum Gasteiger partial charge on any atom is -0.310 e. The van der Waals surface area contributed by atoms with Gasteiger partial charge in [-0.2, -0.15) is 0 Å². The molecule has 5 aromatic carbocycles. The van der Waals surface area contributed by atoms with Crippen molar-refractivity contribution in [2.75, 3.05) is 4.90 Å². The van der Waals surface area contributed by atoms with E-state index < -0.39 is 60.4 Å². The van der Waals surface area contributed by atoms with E-state index in [1.165, 1.54) is 91.4 Å². The summed E-state index contributed by atoms with van der Waals surface area (Å²) in [5.74, 6) is 5.24. The van der Waals surface area contributed by atoms with E-state index in [2.05, 4.69) is 42.5 Å². The van der Waals surface area contributed by atoms with Crippen LogP contribution < -0.4 is 4.90 Å². The van der Waals surface area contributed by atoms with Crippen LogP contribution in [-0.2, 0) is 0 Å². The summed E-state index contributed by atoms with van der Waals surface area (Å²) in [5.41, 5.74) is 9.28. The summed E-state index contributed by atoms with van der Waals surface area (Å²) in [5, 5.41) is 0. The first-order chi connectivity index (χ1) is 28.3. The summed E-state index contributed by atoms with van der Waals surface area (Å²) >= 11 is 0. The lowest BCUT2D eigenvalue weighted by Gasteiger charge is -2.38. The molecule has 0 N–H and O–H groups in total. The molecule has 8 aliphatic rings. The highest BCUT2D eigenvalue weighted by atomic mass is 15.1. The molecule has 13 rings (SSSR count). The maximum absolute atomic E-state index is 9.15. The van der Waals surface area contributed by atoms with E-state index in [4.69, 9.17) is 13.7 Å². The van der Waals surface area contributed by atoms with Crippen molar-refractivity contribution in [2.24, 2.45) is 23.7 Å². The van der Waals surface area contributed by atoms with Crippen molar-refractivity contribution in [2.45, 2.75) is 87.9 Å². The lowest BCUT2D eigenvalue weighted by molar-refractivity contribution is 0.165. The molecule has 0 saturated heterocycles. The minimum absolute atomic E-state index is 0.275. The Morgan fingerprint density at radius 2 is 0.755 bits per heavy atom. The van der Waals surface area contributed by atoms with Gasteiger partial charge in [-0.15, -0.1) is 0 Å². The normalized spacial score (nSPS) is 32.9. The number of para-hydroxylation sites is 2. The minimum atomic E-state index is -0.570. The lowest BCUT2D eigenvalue weighted by Crippen LogP contribution is -2.25. The molecule has 4 fully saturated rings. The van der Waals surface area contributed by atoms with Gasteiger partial charge < -0.3 is 4.90 Å². The van der Waals surface area contributed by atoms with Crippen LogP contribution in [0.15, 0.2) is 115 Å². The second-order valence-electron chi connectivity index (χ2n) is 16.3. The Bertz CT molecular complexity index is 2360. The maximum atomic E-state index is 9.15. The Labute approximate surface area is 306 Å². The van der Waals surface area contributed by atoms with Gasteiger partial charge in [0.05, 0.1) is 13.7 Å². The quantitative estimate of drug-likeness (QED) is 0.183. The van der Waals surface area contributed by atoms with Crippen LogP contribution in [0.3, 0.4) is 0 Å². The van der Waals surface area contributed by atoms with E-state index in [0.29, 0.717) is 29.4 Å². The molecule has 0 aromatic heterocycles. The summed E-state index contributed by atoms with van der Waals surface area (Å²) in [6.45, 7) is 0. The lowest BCUT2D eigenvalue weighted by atomic mass is 9.67. The first-order valence-corrected chi connectivity index (χ1v) is 18.7. The molecule has 4 saturated carbocycles. The monoisotopic (exact) mass is 647 g/mol. The molecule has 244 valence electrons. The van der Waals surface area contributed by atoms with Gasteiger partial charge in [-0.25, -0.2) is 0 Å². The zero-order valence-electron chi connectivity index (χ0n) is 37.8. The fourth-order valence-electron chi connectivity index (χ4n) is 11.8. The molecule has 5 aromatic rings. The molecule has 1 heteroatoms. The fourth-order valence-corrected chi connectivity index (χ4v) is 11.8. The van der Waals surface area contributed by atoms with Gasteiger partial charge in [0.2, 0.25) is 0 Å². The topological polar surface area (TPSA) is 3.24 Å². The Morgan fingerprint density at radius 1 is 0.367 bits per heavy atom. The van der Waals surface area contributed by atoms with Gasteiger partial charge in [0.1, 0.15) is 0 Å². The van der Waals surface area contributed by atoms with Crippen LogP contribution in [0.4, 0.5) is 17.1 Å². The van der Waals surface area contributed by atoms with Crippen molar-refractivity contribution in [3.05, 3.63) is 137 Å². The predicted octanol–water partition coefficient (Wildman–Crippen LogP) is 13.3. The van der Waals surface area contributed by atoms with Crippen molar-refractivity contribution in [1.29, 1.82) is 0 Å². The van der Waals surface area contributed by atoms with E-state index in [0.717, 1.165) is 45.9 Å². The van der Waals surface area contributed by atoms with Crippen molar-refractivity contribution in [3.8, 4) is 22.3 Å². The van der Waals surface area contributed by atoms with Gasteiger partial charge in [0.15, 0.2) is 0 Å². The molecule has 0 heterocycles. The second kappa shape index (κ2) is 11.2. The van der Waals surface area contributed by atoms with Crippen LogP contribution in [0.2, 0.25) is 0 Å². The molecule has 8 aliphatic carbocycles. The predicted molar refractivity (Wildman–Crippen MR) is 203 cm³/mol. The molecule has 1 nitrogen and oxygen atoms in total. The first kappa shape index (κ1) is 20.5. The Morgan fingerprint density at radius 3 is 1.16 bits per heavy atom. The third-order valence-corrected chi connectivity index (χ3v) is 13.5. The molecule has 4 unspecified atom stereocenters. The molecule has 4 atom stereocenters. The van der Waals surface area contributed by atoms with Gasteiger partial charge in [0, 0.05) is 17.1 Å². The van der Waals surface area contributed by atoms with Crippen LogP contribution in [0.1, 0.15) is 124 Å². The van der Waals surface area contributed by atoms with Crippen LogP contribution >= 0.6 is 0 Å². The van der Waals surface area contributed by atoms with E-state index in [1.807, 2.05) is 12.1 Å². The van der Waals surface area contributed by atoms with Crippen LogP contribution in [0.5, 0.6) is 0 Å². The van der Waals surface area contributed by atoms with Crippen molar-refractivity contribution < 1.29 is 13.7 Å². The maximum Gasteiger partial charge on any atom is 0.0645 e. The number of benzene rings is 5. The summed E-state index contributed by atoms with van der Waals surface area (Å²) in [6.07, 6.45) is 12.6. The molecule has 0 spiro atoms. The number of nitrogens with zero attached hydrogens (tertiary/aromatic N) is 1. The molecule has 0 aliphatic heterocycles. The standard InChI is InChI=1S/C48H47N/c1-3-7-42(8-4-1)49(43-9-5-2-6-10-43)44-26-36(34-11-13-45-38-17-30-15-31(18-38)22-40(21-30)47(45)28-34)25-37(27-44)35-12-14-46-39-19-32-16-33(20-39)24-41(23-32)48(46)29-35/h1-14,25-33,38-41H,15-24H2/i1D,2D,3D,4D,5D,6D,7D,8D,9D,10D. The average molecular weight is 648 g/mol. The van der Waals surface area contributed by atoms with Crippen LogP contribution in [0.25, 0.3) is 22.3 Å². The summed E-state index contributed by atoms with van der Waals surface area (Å²) < 4.78 is 88.1. The first-order valence-electron chi connectivity index (χ1n) is 23.7. The smallest absolute Gasteiger partial charge is 0.0645 e. The average Bonchev–Trinajstić information content (AvgIpc) is 3.52. The van der Waals surface area contributed by atoms with E-state index >= 15 is 0 Å². The highest BCUT2D eigenvalue weighted by molar-refractivity contribution is 5.85. The highest BCUT2D eigenvalue weighted by Gasteiger charge is 2.43. The Kier molecular flexibility index (Phi) is 4.70. The summed E-state index contributed by atoms with van der Waals surface area (Å²) in [4.78, 5) is 1.32. The molecule has 0 radical (unpaired) electrons. The number of hydrogen-bond donors (Lipinski definition) is 0. The Hall–Kier alpha value is -4.10. The number of anilines is 3. The Balaban J connectivity index is 1.17. The van der Waals surface area contributed by atoms with Gasteiger partial charge in [-0.3, -0.25) is 0 Å². The molecule has 0 amide bonds. The number of hydrogen-bond acceptors (Lipinski definition) is 1. The van der Waals surface area contributed by atoms with E-state index in [1.54, 1.807) is 0 Å². The third kappa shape index (κ3) is 4.86. The van der Waals surface area contributed by atoms with E-state index in [9.17, 15) is 0 Å². The largest absolute Gasteiger partial charge is 0.310 e. The van der Waals surface area contributed by atoms with Crippen molar-refractivity contribution in [3.63, 3.8) is 0 Å². The fraction of sp³-hybridized carbons (Fsp3) is 0.375. The second-order valence-corrected chi connectivity index (χ2v) is 16.3. The van der Waals surface area contributed by atoms with E-state index in [-0.39, 0.29) is 11.4 Å². The van der Waals surface area contributed by atoms with Gasteiger partial charge in [-0.05, 0) is 198 Å². The van der Waals surface area contributed by atoms with Crippen molar-refractivity contribution >= 4 is 17.1 Å². The van der Waals surface area contributed by atoms with Crippen LogP contribution in [0, 0.1) is 23.7 Å². The molecular weight excluding hydrogens is 591 g/mol. The molecular formula is C48H47N. The number of rotatable bonds is 5. The van der Waals surface area contributed by atoms with Crippen LogP contribution in [-0.4, -0.2) is 0 Å². The third-order valence-electron chi connectivity index (χ3n) is 13.5. The molecule has 8 bridgehead atoms. The zero-order chi connectivity index (χ0) is 40.8. The van der Waals surface area contributed by atoms with Gasteiger partial charge in [0.25, 0.3) is 0 Å². The molecule has 49 heavy (non-hydrogen) atoms. The SMILES string of the molecule is [2H]c1c([2H])c([2H])c(N(c2cc(-c3ccc4c(c3)C3CC5CC(CC4C5)C3)cc(-c3ccc4c(c3)C3CC5CC(CC4C5)C3)c2)c2c([2H])c([2H])c([2H])c([2H])c2[2H])c([2H])c1[2H].